The fraction of sp³-hybridized carbons (Fsp3) is 0.125. The Morgan fingerprint density at radius 3 is 1.18 bits per heavy atom. The minimum atomic E-state index is -1.37. The summed E-state index contributed by atoms with van der Waals surface area (Å²) >= 11 is 0. The van der Waals surface area contributed by atoms with Crippen molar-refractivity contribution in [3.63, 3.8) is 0 Å². The molecule has 2 bridgehead atoms. The van der Waals surface area contributed by atoms with Crippen molar-refractivity contribution >= 4 is 28.7 Å². The quantitative estimate of drug-likeness (QED) is 0.209. The van der Waals surface area contributed by atoms with Crippen LogP contribution in [-0.4, -0.2) is 22.5 Å². The number of allylic oxidation sites excluding steroid dienone is 2. The van der Waals surface area contributed by atoms with Gasteiger partial charge in [0.05, 0.1) is 29.2 Å². The summed E-state index contributed by atoms with van der Waals surface area (Å²) < 4.78 is 0. The predicted octanol–water partition coefficient (Wildman–Crippen LogP) is 6.87. The number of ketones is 1. The standard InChI is InChI=1S/C40H29NO3/c42-36-34-35(37(43)41(36)26-27-16-6-1-7-17-27)40(31-24-14-5-15-25-31)33(29-20-10-3-11-21-29)32(28-18-8-2-9-19-28)39(34,38(40)44)30-22-12-4-13-23-30/h1-25,34-35H,26H2/t34-,35-,39+,40+/m1/s1. The van der Waals surface area contributed by atoms with E-state index < -0.39 is 22.7 Å². The molecule has 0 radical (unpaired) electrons. The lowest BCUT2D eigenvalue weighted by Gasteiger charge is -2.39. The van der Waals surface area contributed by atoms with Crippen molar-refractivity contribution in [3.8, 4) is 0 Å². The summed E-state index contributed by atoms with van der Waals surface area (Å²) in [7, 11) is 0. The number of likely N-dealkylation sites (tertiary alicyclic amines) is 1. The molecule has 1 saturated heterocycles. The lowest BCUT2D eigenvalue weighted by atomic mass is 9.59. The summed E-state index contributed by atoms with van der Waals surface area (Å²) in [5, 5.41) is 0. The van der Waals surface area contributed by atoms with Gasteiger partial charge in [0.1, 0.15) is 0 Å². The summed E-state index contributed by atoms with van der Waals surface area (Å²) in [5.74, 6) is -2.47. The van der Waals surface area contributed by atoms with Crippen LogP contribution in [0.4, 0.5) is 0 Å². The SMILES string of the molecule is O=C1[C@H]2[C@H](C(=O)N1Cc1ccccc1)[C@@]1(c3ccccc3)C(=O)[C@@]2(c2ccccc2)C(c2ccccc2)=C1c1ccccc1. The van der Waals surface area contributed by atoms with Crippen molar-refractivity contribution in [1.82, 2.24) is 4.90 Å². The molecule has 212 valence electrons. The highest BCUT2D eigenvalue weighted by Gasteiger charge is 2.82. The molecule has 0 unspecified atom stereocenters. The number of amides is 2. The van der Waals surface area contributed by atoms with E-state index in [1.807, 2.05) is 152 Å². The van der Waals surface area contributed by atoms with E-state index in [4.69, 9.17) is 0 Å². The predicted molar refractivity (Wildman–Crippen MR) is 170 cm³/mol. The van der Waals surface area contributed by atoms with Crippen LogP contribution < -0.4 is 0 Å². The third-order valence-corrected chi connectivity index (χ3v) is 9.85. The summed E-state index contributed by atoms with van der Waals surface area (Å²) in [6.45, 7) is 0.163. The highest BCUT2D eigenvalue weighted by molar-refractivity contribution is 6.35. The Bertz CT molecular complexity index is 1820. The van der Waals surface area contributed by atoms with Gasteiger partial charge in [-0.25, -0.2) is 0 Å². The minimum absolute atomic E-state index is 0.101. The van der Waals surface area contributed by atoms with Gasteiger partial charge in [-0.2, -0.15) is 0 Å². The third-order valence-electron chi connectivity index (χ3n) is 9.85. The molecule has 5 aromatic carbocycles. The Morgan fingerprint density at radius 2 is 0.795 bits per heavy atom. The van der Waals surface area contributed by atoms with Crippen molar-refractivity contribution in [2.24, 2.45) is 11.8 Å². The number of fused-ring (bicyclic) bond motifs is 5. The smallest absolute Gasteiger partial charge is 0.235 e. The Kier molecular flexibility index (Phi) is 5.89. The molecule has 2 aliphatic carbocycles. The Hall–Kier alpha value is -5.35. The summed E-state index contributed by atoms with van der Waals surface area (Å²) in [6, 6.07) is 48.8. The molecule has 8 rings (SSSR count). The first kappa shape index (κ1) is 26.3. The molecule has 4 atom stereocenters. The monoisotopic (exact) mass is 571 g/mol. The number of imide groups is 1. The van der Waals surface area contributed by atoms with Crippen LogP contribution in [0, 0.1) is 11.8 Å². The molecule has 1 aliphatic heterocycles. The number of nitrogens with zero attached hydrogens (tertiary/aromatic N) is 1. The number of Topliss-reactive ketones (excluding diaryl/α,β-unsaturated/α-hetero) is 1. The molecular weight excluding hydrogens is 542 g/mol. The van der Waals surface area contributed by atoms with E-state index >= 15 is 4.79 Å². The van der Waals surface area contributed by atoms with Crippen LogP contribution in [0.25, 0.3) is 11.1 Å². The molecule has 0 N–H and O–H groups in total. The third kappa shape index (κ3) is 3.31. The van der Waals surface area contributed by atoms with Gasteiger partial charge < -0.3 is 0 Å². The topological polar surface area (TPSA) is 54.5 Å². The van der Waals surface area contributed by atoms with E-state index in [1.165, 1.54) is 4.90 Å². The van der Waals surface area contributed by atoms with Gasteiger partial charge in [0.15, 0.2) is 5.78 Å². The maximum absolute atomic E-state index is 15.8. The van der Waals surface area contributed by atoms with Gasteiger partial charge in [-0.15, -0.1) is 0 Å². The molecule has 1 heterocycles. The van der Waals surface area contributed by atoms with Crippen molar-refractivity contribution in [2.45, 2.75) is 17.4 Å². The van der Waals surface area contributed by atoms with Gasteiger partial charge in [0.2, 0.25) is 11.8 Å². The molecular formula is C40H29NO3. The van der Waals surface area contributed by atoms with Gasteiger partial charge in [-0.3, -0.25) is 19.3 Å². The summed E-state index contributed by atoms with van der Waals surface area (Å²) in [6.07, 6.45) is 0. The van der Waals surface area contributed by atoms with Crippen LogP contribution >= 0.6 is 0 Å². The van der Waals surface area contributed by atoms with Gasteiger partial charge in [-0.05, 0) is 39.0 Å². The molecule has 0 aromatic heterocycles. The number of rotatable bonds is 6. The lowest BCUT2D eigenvalue weighted by Crippen LogP contribution is -2.45. The summed E-state index contributed by atoms with van der Waals surface area (Å²) in [5.41, 5.74) is 2.99. The van der Waals surface area contributed by atoms with Crippen molar-refractivity contribution in [3.05, 3.63) is 179 Å². The van der Waals surface area contributed by atoms with Crippen molar-refractivity contribution in [2.75, 3.05) is 0 Å². The molecule has 3 aliphatic rings. The lowest BCUT2D eigenvalue weighted by molar-refractivity contribution is -0.143. The maximum Gasteiger partial charge on any atom is 0.235 e. The largest absolute Gasteiger partial charge is 0.297 e. The minimum Gasteiger partial charge on any atom is -0.297 e. The zero-order chi connectivity index (χ0) is 29.9. The van der Waals surface area contributed by atoms with Crippen LogP contribution in [0.1, 0.15) is 27.8 Å². The Balaban J connectivity index is 1.52. The zero-order valence-corrected chi connectivity index (χ0v) is 24.0. The molecule has 4 nitrogen and oxygen atoms in total. The number of hydrogen-bond acceptors (Lipinski definition) is 3. The van der Waals surface area contributed by atoms with E-state index in [0.717, 1.165) is 39.0 Å². The molecule has 2 fully saturated rings. The van der Waals surface area contributed by atoms with E-state index in [0.29, 0.717) is 0 Å². The Morgan fingerprint density at radius 1 is 0.455 bits per heavy atom. The first-order valence-electron chi connectivity index (χ1n) is 15.0. The molecule has 5 aromatic rings. The second-order valence-corrected chi connectivity index (χ2v) is 11.9. The van der Waals surface area contributed by atoms with E-state index in [1.54, 1.807) is 0 Å². The van der Waals surface area contributed by atoms with Crippen LogP contribution in [0.2, 0.25) is 0 Å². The van der Waals surface area contributed by atoms with Gasteiger partial charge in [0, 0.05) is 0 Å². The van der Waals surface area contributed by atoms with Crippen LogP contribution in [0.5, 0.6) is 0 Å². The number of benzene rings is 5. The average Bonchev–Trinajstić information content (AvgIpc) is 3.59. The van der Waals surface area contributed by atoms with Crippen molar-refractivity contribution < 1.29 is 14.4 Å². The molecule has 0 spiro atoms. The first-order valence-corrected chi connectivity index (χ1v) is 15.0. The Labute approximate surface area is 256 Å². The van der Waals surface area contributed by atoms with E-state index in [9.17, 15) is 9.59 Å². The fourth-order valence-corrected chi connectivity index (χ4v) is 8.31. The highest BCUT2D eigenvalue weighted by atomic mass is 16.2. The normalized spacial score (nSPS) is 25.5. The second kappa shape index (κ2) is 9.85. The van der Waals surface area contributed by atoms with Gasteiger partial charge in [0.25, 0.3) is 0 Å². The molecule has 44 heavy (non-hydrogen) atoms. The molecule has 4 heteroatoms. The van der Waals surface area contributed by atoms with E-state index in [2.05, 4.69) is 0 Å². The van der Waals surface area contributed by atoms with Gasteiger partial charge >= 0.3 is 0 Å². The average molecular weight is 572 g/mol. The van der Waals surface area contributed by atoms with E-state index in [-0.39, 0.29) is 24.1 Å². The number of carbonyl (C=O) groups is 3. The first-order chi connectivity index (χ1) is 21.6. The molecule has 2 amide bonds. The van der Waals surface area contributed by atoms with Crippen molar-refractivity contribution in [1.29, 1.82) is 0 Å². The fourth-order valence-electron chi connectivity index (χ4n) is 8.31. The highest BCUT2D eigenvalue weighted by Crippen LogP contribution is 2.74. The summed E-state index contributed by atoms with van der Waals surface area (Å²) in [4.78, 5) is 46.9. The second-order valence-electron chi connectivity index (χ2n) is 11.9. The van der Waals surface area contributed by atoms with Gasteiger partial charge in [-0.1, -0.05) is 152 Å². The van der Waals surface area contributed by atoms with Crippen LogP contribution in [0.3, 0.4) is 0 Å². The maximum atomic E-state index is 15.8. The van der Waals surface area contributed by atoms with Crippen LogP contribution in [0.15, 0.2) is 152 Å². The number of carbonyl (C=O) groups excluding carboxylic acids is 3. The zero-order valence-electron chi connectivity index (χ0n) is 24.0. The number of hydrogen-bond donors (Lipinski definition) is 0. The molecule has 1 saturated carbocycles. The van der Waals surface area contributed by atoms with Crippen LogP contribution in [-0.2, 0) is 31.8 Å².